The number of carbonyl (C=O) groups is 1. The summed E-state index contributed by atoms with van der Waals surface area (Å²) in [5, 5.41) is 2.79. The lowest BCUT2D eigenvalue weighted by Crippen LogP contribution is -2.28. The summed E-state index contributed by atoms with van der Waals surface area (Å²) in [6.45, 7) is 1.50. The number of anilines is 1. The number of hydrogen-bond donors (Lipinski definition) is 1. The molecule has 4 nitrogen and oxygen atoms in total. The summed E-state index contributed by atoms with van der Waals surface area (Å²) in [7, 11) is 1.85. The van der Waals surface area contributed by atoms with E-state index in [1.54, 1.807) is 12.1 Å². The van der Waals surface area contributed by atoms with Crippen LogP contribution in [0.4, 0.5) is 14.5 Å². The van der Waals surface area contributed by atoms with Crippen LogP contribution in [0.25, 0.3) is 0 Å². The number of hydrogen-bond acceptors (Lipinski definition) is 3. The SMILES string of the molecule is CN(CCOc1ccc(F)cc1)CCC(=O)Nc1ccc(Cl)cc1F. The number of nitrogens with zero attached hydrogens (tertiary/aromatic N) is 1. The molecular weight excluding hydrogens is 350 g/mol. The highest BCUT2D eigenvalue weighted by Gasteiger charge is 2.09. The molecule has 0 aliphatic heterocycles. The van der Waals surface area contributed by atoms with E-state index in [0.717, 1.165) is 6.07 Å². The predicted octanol–water partition coefficient (Wildman–Crippen LogP) is 3.96. The van der Waals surface area contributed by atoms with Crippen molar-refractivity contribution in [1.82, 2.24) is 4.90 Å². The first kappa shape index (κ1) is 19.1. The molecule has 0 saturated carbocycles. The third-order valence-electron chi connectivity index (χ3n) is 3.48. The number of rotatable bonds is 8. The lowest BCUT2D eigenvalue weighted by atomic mass is 10.3. The molecule has 1 N–H and O–H groups in total. The van der Waals surface area contributed by atoms with Gasteiger partial charge in [-0.25, -0.2) is 8.78 Å². The van der Waals surface area contributed by atoms with Gasteiger partial charge in [-0.3, -0.25) is 4.79 Å². The van der Waals surface area contributed by atoms with Gasteiger partial charge in [-0.15, -0.1) is 0 Å². The van der Waals surface area contributed by atoms with Gasteiger partial charge in [0.2, 0.25) is 5.91 Å². The summed E-state index contributed by atoms with van der Waals surface area (Å²) in [6, 6.07) is 9.87. The molecule has 0 spiro atoms. The van der Waals surface area contributed by atoms with Crippen LogP contribution in [0.2, 0.25) is 5.02 Å². The second-order valence-corrected chi connectivity index (χ2v) is 5.96. The molecule has 0 aliphatic rings. The van der Waals surface area contributed by atoms with E-state index in [0.29, 0.717) is 25.4 Å². The number of nitrogens with one attached hydrogen (secondary N) is 1. The summed E-state index contributed by atoms with van der Waals surface area (Å²) in [6.07, 6.45) is 0.217. The Morgan fingerprint density at radius 1 is 1.16 bits per heavy atom. The molecule has 0 radical (unpaired) electrons. The Bertz CT molecular complexity index is 711. The van der Waals surface area contributed by atoms with E-state index in [1.807, 2.05) is 11.9 Å². The van der Waals surface area contributed by atoms with Gasteiger partial charge in [0, 0.05) is 24.5 Å². The van der Waals surface area contributed by atoms with Gasteiger partial charge in [-0.2, -0.15) is 0 Å². The maximum absolute atomic E-state index is 13.6. The Hall–Kier alpha value is -2.18. The highest BCUT2D eigenvalue weighted by Crippen LogP contribution is 2.19. The van der Waals surface area contributed by atoms with Gasteiger partial charge in [-0.1, -0.05) is 11.6 Å². The summed E-state index contributed by atoms with van der Waals surface area (Å²) < 4.78 is 31.9. The van der Waals surface area contributed by atoms with Gasteiger partial charge in [0.1, 0.15) is 24.0 Å². The molecule has 134 valence electrons. The van der Waals surface area contributed by atoms with Crippen LogP contribution < -0.4 is 10.1 Å². The summed E-state index contributed by atoms with van der Waals surface area (Å²) in [5.74, 6) is -0.576. The fourth-order valence-electron chi connectivity index (χ4n) is 2.06. The van der Waals surface area contributed by atoms with E-state index in [9.17, 15) is 13.6 Å². The van der Waals surface area contributed by atoms with Crippen molar-refractivity contribution in [3.05, 3.63) is 59.1 Å². The van der Waals surface area contributed by atoms with Gasteiger partial charge in [0.15, 0.2) is 0 Å². The van der Waals surface area contributed by atoms with Gasteiger partial charge in [0.25, 0.3) is 0 Å². The van der Waals surface area contributed by atoms with Gasteiger partial charge in [0.05, 0.1) is 5.69 Å². The van der Waals surface area contributed by atoms with E-state index >= 15 is 0 Å². The lowest BCUT2D eigenvalue weighted by Gasteiger charge is -2.17. The Labute approximate surface area is 150 Å². The van der Waals surface area contributed by atoms with Crippen molar-refractivity contribution in [2.24, 2.45) is 0 Å². The van der Waals surface area contributed by atoms with Crippen molar-refractivity contribution in [1.29, 1.82) is 0 Å². The van der Waals surface area contributed by atoms with Crippen LogP contribution in [-0.2, 0) is 4.79 Å². The minimum atomic E-state index is -0.568. The first-order chi connectivity index (χ1) is 11.9. The molecule has 2 rings (SSSR count). The normalized spacial score (nSPS) is 10.8. The third kappa shape index (κ3) is 6.68. The van der Waals surface area contributed by atoms with Crippen molar-refractivity contribution in [3.63, 3.8) is 0 Å². The van der Waals surface area contributed by atoms with Crippen LogP contribution in [0, 0.1) is 11.6 Å². The van der Waals surface area contributed by atoms with Crippen molar-refractivity contribution in [3.8, 4) is 5.75 Å². The van der Waals surface area contributed by atoms with E-state index in [-0.39, 0.29) is 28.9 Å². The number of carbonyl (C=O) groups excluding carboxylic acids is 1. The van der Waals surface area contributed by atoms with E-state index in [4.69, 9.17) is 16.3 Å². The smallest absolute Gasteiger partial charge is 0.225 e. The zero-order valence-corrected chi connectivity index (χ0v) is 14.5. The molecular formula is C18H19ClF2N2O2. The molecule has 0 bridgehead atoms. The molecule has 0 aliphatic carbocycles. The number of halogens is 3. The summed E-state index contributed by atoms with van der Waals surface area (Å²) in [4.78, 5) is 13.8. The van der Waals surface area contributed by atoms with Crippen LogP contribution in [0.5, 0.6) is 5.75 Å². The van der Waals surface area contributed by atoms with Crippen molar-refractivity contribution >= 4 is 23.2 Å². The van der Waals surface area contributed by atoms with Gasteiger partial charge < -0.3 is 15.0 Å². The molecule has 1 amide bonds. The molecule has 2 aromatic carbocycles. The Morgan fingerprint density at radius 3 is 2.56 bits per heavy atom. The summed E-state index contributed by atoms with van der Waals surface area (Å²) >= 11 is 5.67. The number of likely N-dealkylation sites (N-methyl/N-ethyl adjacent to an activating group) is 1. The first-order valence-corrected chi connectivity index (χ1v) is 8.13. The van der Waals surface area contributed by atoms with E-state index < -0.39 is 5.82 Å². The second-order valence-electron chi connectivity index (χ2n) is 5.53. The zero-order chi connectivity index (χ0) is 18.2. The molecule has 0 aromatic heterocycles. The highest BCUT2D eigenvalue weighted by atomic mass is 35.5. The fourth-order valence-corrected chi connectivity index (χ4v) is 2.22. The molecule has 0 fully saturated rings. The molecule has 0 saturated heterocycles. The highest BCUT2D eigenvalue weighted by molar-refractivity contribution is 6.30. The molecule has 0 heterocycles. The molecule has 7 heteroatoms. The predicted molar refractivity (Wildman–Crippen MR) is 94.0 cm³/mol. The van der Waals surface area contributed by atoms with Crippen LogP contribution >= 0.6 is 11.6 Å². The minimum Gasteiger partial charge on any atom is -0.492 e. The first-order valence-electron chi connectivity index (χ1n) is 7.76. The van der Waals surface area contributed by atoms with Crippen LogP contribution in [0.3, 0.4) is 0 Å². The van der Waals surface area contributed by atoms with Crippen LogP contribution in [0.1, 0.15) is 6.42 Å². The molecule has 2 aromatic rings. The summed E-state index contributed by atoms with van der Waals surface area (Å²) in [5.41, 5.74) is 0.108. The zero-order valence-electron chi connectivity index (χ0n) is 13.8. The lowest BCUT2D eigenvalue weighted by molar-refractivity contribution is -0.116. The molecule has 25 heavy (non-hydrogen) atoms. The van der Waals surface area contributed by atoms with Crippen molar-refractivity contribution in [2.75, 3.05) is 32.1 Å². The number of amides is 1. The maximum atomic E-state index is 13.6. The largest absolute Gasteiger partial charge is 0.492 e. The third-order valence-corrected chi connectivity index (χ3v) is 3.72. The van der Waals surface area contributed by atoms with Gasteiger partial charge in [-0.05, 0) is 49.5 Å². The fraction of sp³-hybridized carbons (Fsp3) is 0.278. The number of ether oxygens (including phenoxy) is 1. The van der Waals surface area contributed by atoms with Gasteiger partial charge >= 0.3 is 0 Å². The standard InChI is InChI=1S/C18H19ClF2N2O2/c1-23(10-11-25-15-5-3-14(20)4-6-15)9-8-18(24)22-17-7-2-13(19)12-16(17)21/h2-7,12H,8-11H2,1H3,(H,22,24). The quantitative estimate of drug-likeness (QED) is 0.767. The monoisotopic (exact) mass is 368 g/mol. The Morgan fingerprint density at radius 2 is 1.88 bits per heavy atom. The second kappa shape index (κ2) is 9.34. The van der Waals surface area contributed by atoms with Crippen molar-refractivity contribution in [2.45, 2.75) is 6.42 Å². The molecule has 0 unspecified atom stereocenters. The topological polar surface area (TPSA) is 41.6 Å². The number of benzene rings is 2. The maximum Gasteiger partial charge on any atom is 0.225 e. The van der Waals surface area contributed by atoms with Crippen molar-refractivity contribution < 1.29 is 18.3 Å². The van der Waals surface area contributed by atoms with Crippen LogP contribution in [-0.4, -0.2) is 37.6 Å². The van der Waals surface area contributed by atoms with Crippen LogP contribution in [0.15, 0.2) is 42.5 Å². The molecule has 0 atom stereocenters. The minimum absolute atomic E-state index is 0.108. The van der Waals surface area contributed by atoms with E-state index in [2.05, 4.69) is 5.32 Å². The average Bonchev–Trinajstić information content (AvgIpc) is 2.57. The Kier molecular flexibility index (Phi) is 7.16. The van der Waals surface area contributed by atoms with E-state index in [1.165, 1.54) is 24.3 Å². The average molecular weight is 369 g/mol. The Balaban J connectivity index is 1.67.